The Morgan fingerprint density at radius 1 is 1.07 bits per heavy atom. The predicted molar refractivity (Wildman–Crippen MR) is 98.4 cm³/mol. The first-order valence-corrected chi connectivity index (χ1v) is 11.9. The molecule has 1 aliphatic heterocycles. The summed E-state index contributed by atoms with van der Waals surface area (Å²) in [6.45, 7) is 3.44. The molecule has 164 valence electrons. The van der Waals surface area contributed by atoms with E-state index in [4.69, 9.17) is 0 Å². The van der Waals surface area contributed by atoms with Crippen molar-refractivity contribution in [2.75, 3.05) is 0 Å². The third kappa shape index (κ3) is 3.69. The summed E-state index contributed by atoms with van der Waals surface area (Å²) in [5.74, 6) is -0.884. The molecule has 1 aromatic rings. The summed E-state index contributed by atoms with van der Waals surface area (Å²) in [6, 6.07) is 4.13. The second kappa shape index (κ2) is 7.19. The summed E-state index contributed by atoms with van der Waals surface area (Å²) >= 11 is 0. The van der Waals surface area contributed by atoms with Crippen LogP contribution in [0.1, 0.15) is 56.6 Å². The van der Waals surface area contributed by atoms with Gasteiger partial charge in [-0.2, -0.15) is 38.4 Å². The maximum Gasteiger partial charge on any atom is 0.523 e. The van der Waals surface area contributed by atoms with Crippen LogP contribution in [0.5, 0.6) is 0 Å². The molecule has 11 heteroatoms. The molecule has 0 aromatic heterocycles. The zero-order valence-corrected chi connectivity index (χ0v) is 17.2. The van der Waals surface area contributed by atoms with Gasteiger partial charge in [0.05, 0.1) is 0 Å². The highest BCUT2D eigenvalue weighted by Crippen LogP contribution is 2.80. The number of fused-ring (bicyclic) bond motifs is 1. The van der Waals surface area contributed by atoms with Gasteiger partial charge in [0.15, 0.2) is 0 Å². The van der Waals surface area contributed by atoms with E-state index in [9.17, 15) is 34.8 Å². The van der Waals surface area contributed by atoms with Crippen molar-refractivity contribution >= 4 is 26.5 Å². The molecule has 1 atom stereocenters. The maximum absolute atomic E-state index is 14.5. The molecule has 0 radical (unpaired) electrons. The number of hydrogen-bond donors (Lipinski definition) is 0. The van der Waals surface area contributed by atoms with E-state index >= 15 is 0 Å². The molecule has 0 bridgehead atoms. The van der Waals surface area contributed by atoms with E-state index in [0.717, 1.165) is 6.07 Å². The largest absolute Gasteiger partial charge is 0.523 e. The predicted octanol–water partition coefficient (Wildman–Crippen LogP) is 6.82. The number of rotatable bonds is 4. The molecule has 0 N–H and O–H groups in total. The highest BCUT2D eigenvalue weighted by molar-refractivity contribution is 8.37. The Hall–Kier alpha value is -1.20. The lowest BCUT2D eigenvalue weighted by Crippen LogP contribution is -2.33. The summed E-state index contributed by atoms with van der Waals surface area (Å²) in [7, 11) is -11.4. The Kier molecular flexibility index (Phi) is 5.58. The summed E-state index contributed by atoms with van der Waals surface area (Å²) in [5, 5.41) is 0. The van der Waals surface area contributed by atoms with Gasteiger partial charge < -0.3 is 0 Å². The van der Waals surface area contributed by atoms with Gasteiger partial charge in [-0.1, -0.05) is 38.8 Å². The van der Waals surface area contributed by atoms with E-state index in [1.165, 1.54) is 12.1 Å². The lowest BCUT2D eigenvalue weighted by atomic mass is 10.0. The van der Waals surface area contributed by atoms with Crippen LogP contribution in [-0.4, -0.2) is 19.4 Å². The zero-order chi connectivity index (χ0) is 21.8. The van der Waals surface area contributed by atoms with Gasteiger partial charge in [0, 0.05) is 20.1 Å². The molecule has 1 aromatic carbocycles. The third-order valence-electron chi connectivity index (χ3n) is 5.20. The van der Waals surface area contributed by atoms with Crippen molar-refractivity contribution in [2.24, 2.45) is 5.92 Å². The Bertz CT molecular complexity index is 928. The first-order valence-electron chi connectivity index (χ1n) is 8.98. The molecular weight excluding hydrogens is 442 g/mol. The van der Waals surface area contributed by atoms with Gasteiger partial charge in [-0.05, 0) is 47.9 Å². The summed E-state index contributed by atoms with van der Waals surface area (Å²) in [4.78, 5) is -0.905. The normalized spacial score (nSPS) is 25.8. The van der Waals surface area contributed by atoms with E-state index < -0.39 is 42.3 Å². The first kappa shape index (κ1) is 22.5. The van der Waals surface area contributed by atoms with Crippen LogP contribution < -0.4 is 0 Å². The number of halogens is 6. The van der Waals surface area contributed by atoms with Gasteiger partial charge >= 0.3 is 21.1 Å². The molecule has 29 heavy (non-hydrogen) atoms. The SMILES string of the molecule is CC(C)c1ccc2c(c1)S(OS(=O)(=O)C(F)(F)F)(C(F)(F)F)C(C1CCCC1)=C2. The van der Waals surface area contributed by atoms with Crippen LogP contribution in [0.25, 0.3) is 6.08 Å². The molecule has 1 unspecified atom stereocenters. The van der Waals surface area contributed by atoms with Gasteiger partial charge in [-0.3, -0.25) is 0 Å². The van der Waals surface area contributed by atoms with Gasteiger partial charge in [0.25, 0.3) is 0 Å². The fraction of sp³-hybridized carbons (Fsp3) is 0.556. The zero-order valence-electron chi connectivity index (χ0n) is 15.6. The average Bonchev–Trinajstić information content (AvgIpc) is 3.19. The molecule has 1 aliphatic carbocycles. The molecular formula is C18H20F6O3S2. The van der Waals surface area contributed by atoms with Crippen LogP contribution in [0.4, 0.5) is 26.3 Å². The van der Waals surface area contributed by atoms with Crippen LogP contribution in [0.2, 0.25) is 0 Å². The minimum atomic E-state index is -6.48. The molecule has 1 fully saturated rings. The van der Waals surface area contributed by atoms with Crippen LogP contribution in [0.15, 0.2) is 28.0 Å². The maximum atomic E-state index is 14.5. The third-order valence-corrected chi connectivity index (χ3v) is 10.0. The van der Waals surface area contributed by atoms with E-state index in [1.54, 1.807) is 19.9 Å². The van der Waals surface area contributed by atoms with Crippen molar-refractivity contribution in [2.45, 2.75) is 61.4 Å². The Morgan fingerprint density at radius 2 is 1.66 bits per heavy atom. The monoisotopic (exact) mass is 462 g/mol. The van der Waals surface area contributed by atoms with Crippen LogP contribution >= 0.6 is 10.3 Å². The van der Waals surface area contributed by atoms with Crippen molar-refractivity contribution in [1.29, 1.82) is 0 Å². The molecule has 0 spiro atoms. The lowest BCUT2D eigenvalue weighted by molar-refractivity contribution is -0.0547. The topological polar surface area (TPSA) is 43.4 Å². The average molecular weight is 462 g/mol. The van der Waals surface area contributed by atoms with Crippen molar-refractivity contribution in [1.82, 2.24) is 0 Å². The molecule has 3 nitrogen and oxygen atoms in total. The van der Waals surface area contributed by atoms with E-state index in [-0.39, 0.29) is 16.4 Å². The number of allylic oxidation sites excluding steroid dienone is 1. The first-order chi connectivity index (χ1) is 13.2. The van der Waals surface area contributed by atoms with Crippen molar-refractivity contribution in [3.8, 4) is 0 Å². The number of hydrogen-bond acceptors (Lipinski definition) is 3. The van der Waals surface area contributed by atoms with Gasteiger partial charge in [0.1, 0.15) is 0 Å². The lowest BCUT2D eigenvalue weighted by Gasteiger charge is -2.41. The number of alkyl halides is 6. The van der Waals surface area contributed by atoms with Crippen molar-refractivity contribution in [3.05, 3.63) is 34.2 Å². The van der Waals surface area contributed by atoms with Gasteiger partial charge in [-0.15, -0.1) is 0 Å². The Balaban J connectivity index is 2.30. The number of benzene rings is 1. The van der Waals surface area contributed by atoms with E-state index in [0.29, 0.717) is 31.2 Å². The highest BCUT2D eigenvalue weighted by Gasteiger charge is 2.65. The highest BCUT2D eigenvalue weighted by atomic mass is 32.3. The molecule has 0 saturated heterocycles. The fourth-order valence-electron chi connectivity index (χ4n) is 3.75. The van der Waals surface area contributed by atoms with Gasteiger partial charge in [0.2, 0.25) is 0 Å². The molecule has 1 heterocycles. The minimum absolute atomic E-state index is 0.0565. The minimum Gasteiger partial charge on any atom is -0.196 e. The van der Waals surface area contributed by atoms with Crippen molar-refractivity contribution in [3.63, 3.8) is 0 Å². The Morgan fingerprint density at radius 3 is 2.14 bits per heavy atom. The summed E-state index contributed by atoms with van der Waals surface area (Å²) in [5.41, 5.74) is -10.8. The molecule has 3 rings (SSSR count). The smallest absolute Gasteiger partial charge is 0.196 e. The van der Waals surface area contributed by atoms with Gasteiger partial charge in [-0.25, -0.2) is 0 Å². The van der Waals surface area contributed by atoms with E-state index in [1.807, 2.05) is 0 Å². The quantitative estimate of drug-likeness (QED) is 0.364. The second-order valence-corrected chi connectivity index (χ2v) is 11.9. The molecule has 0 amide bonds. The summed E-state index contributed by atoms with van der Waals surface area (Å²) < 4.78 is 110. The standard InChI is InChI=1S/C18H20F6O3S2/c1-11(2)13-7-8-14-10-15(12-5-3-4-6-12)28(16(14)9-13,17(19,20)21)27-29(25,26)18(22,23)24/h7-12H,3-6H2,1-2H3. The van der Waals surface area contributed by atoms with Crippen molar-refractivity contribution < 1.29 is 38.4 Å². The van der Waals surface area contributed by atoms with E-state index in [2.05, 4.69) is 3.63 Å². The van der Waals surface area contributed by atoms with Crippen LogP contribution in [-0.2, 0) is 13.7 Å². The summed E-state index contributed by atoms with van der Waals surface area (Å²) in [6.07, 6.45) is 3.11. The second-order valence-electron chi connectivity index (χ2n) is 7.45. The molecule has 1 saturated carbocycles. The van der Waals surface area contributed by atoms with Crippen LogP contribution in [0.3, 0.4) is 0 Å². The molecule has 2 aliphatic rings. The van der Waals surface area contributed by atoms with Crippen LogP contribution in [0, 0.1) is 5.92 Å². The fourth-order valence-corrected chi connectivity index (χ4v) is 8.58. The Labute approximate surface area is 166 Å².